The predicted octanol–water partition coefficient (Wildman–Crippen LogP) is 3.48. The number of para-hydroxylation sites is 1. The average molecular weight is 313 g/mol. The van der Waals surface area contributed by atoms with Crippen molar-refractivity contribution in [2.24, 2.45) is 0 Å². The molecule has 4 heteroatoms. The zero-order valence-electron chi connectivity index (χ0n) is 13.8. The first-order valence-corrected chi connectivity index (χ1v) is 7.82. The van der Waals surface area contributed by atoms with Crippen molar-refractivity contribution >= 4 is 5.91 Å². The fraction of sp³-hybridized carbons (Fsp3) is 0.316. The molecule has 1 atom stereocenters. The van der Waals surface area contributed by atoms with Crippen LogP contribution in [0.1, 0.15) is 25.0 Å². The summed E-state index contributed by atoms with van der Waals surface area (Å²) in [5, 5.41) is 2.89. The van der Waals surface area contributed by atoms with Crippen molar-refractivity contribution in [1.29, 1.82) is 0 Å². The van der Waals surface area contributed by atoms with E-state index in [-0.39, 0.29) is 5.91 Å². The number of ether oxygens (including phenoxy) is 2. The zero-order chi connectivity index (χ0) is 16.7. The number of benzene rings is 2. The lowest BCUT2D eigenvalue weighted by atomic mass is 10.2. The third kappa shape index (κ3) is 5.02. The number of aryl methyl sites for hydroxylation is 1. The first-order chi connectivity index (χ1) is 11.1. The summed E-state index contributed by atoms with van der Waals surface area (Å²) >= 11 is 0. The Morgan fingerprint density at radius 2 is 1.96 bits per heavy atom. The quantitative estimate of drug-likeness (QED) is 0.851. The lowest BCUT2D eigenvalue weighted by Crippen LogP contribution is -2.36. The van der Waals surface area contributed by atoms with Gasteiger partial charge in [-0.1, -0.05) is 30.3 Å². The Labute approximate surface area is 137 Å². The molecule has 122 valence electrons. The van der Waals surface area contributed by atoms with Gasteiger partial charge in [0, 0.05) is 12.1 Å². The molecule has 0 spiro atoms. The molecule has 0 radical (unpaired) electrons. The molecule has 1 amide bonds. The van der Waals surface area contributed by atoms with E-state index >= 15 is 0 Å². The van der Waals surface area contributed by atoms with Crippen LogP contribution in [0.15, 0.2) is 48.5 Å². The smallest absolute Gasteiger partial charge is 0.261 e. The number of nitrogens with one attached hydrogen (secondary N) is 1. The van der Waals surface area contributed by atoms with Crippen LogP contribution in [0.5, 0.6) is 11.5 Å². The normalized spacial score (nSPS) is 11.6. The second-order valence-corrected chi connectivity index (χ2v) is 5.34. The van der Waals surface area contributed by atoms with Gasteiger partial charge < -0.3 is 14.8 Å². The van der Waals surface area contributed by atoms with Crippen molar-refractivity contribution in [2.75, 3.05) is 6.61 Å². The van der Waals surface area contributed by atoms with Gasteiger partial charge in [-0.15, -0.1) is 0 Å². The highest BCUT2D eigenvalue weighted by molar-refractivity contribution is 5.80. The molecular weight excluding hydrogens is 290 g/mol. The van der Waals surface area contributed by atoms with Crippen molar-refractivity contribution in [2.45, 2.75) is 33.4 Å². The van der Waals surface area contributed by atoms with Crippen molar-refractivity contribution in [3.05, 3.63) is 59.7 Å². The molecule has 0 heterocycles. The molecule has 0 aromatic heterocycles. The summed E-state index contributed by atoms with van der Waals surface area (Å²) in [4.78, 5) is 12.2. The van der Waals surface area contributed by atoms with Crippen LogP contribution >= 0.6 is 0 Å². The zero-order valence-corrected chi connectivity index (χ0v) is 13.8. The van der Waals surface area contributed by atoms with E-state index in [9.17, 15) is 4.79 Å². The maximum Gasteiger partial charge on any atom is 0.261 e. The lowest BCUT2D eigenvalue weighted by molar-refractivity contribution is -0.127. The Bertz CT molecular complexity index is 655. The molecule has 0 fully saturated rings. The van der Waals surface area contributed by atoms with Crippen LogP contribution in [0.2, 0.25) is 0 Å². The molecule has 1 N–H and O–H groups in total. The topological polar surface area (TPSA) is 47.6 Å². The summed E-state index contributed by atoms with van der Waals surface area (Å²) in [7, 11) is 0. The van der Waals surface area contributed by atoms with Crippen molar-refractivity contribution in [1.82, 2.24) is 5.32 Å². The van der Waals surface area contributed by atoms with Crippen molar-refractivity contribution < 1.29 is 14.3 Å². The third-order valence-corrected chi connectivity index (χ3v) is 3.40. The fourth-order valence-electron chi connectivity index (χ4n) is 2.22. The van der Waals surface area contributed by atoms with E-state index in [0.29, 0.717) is 18.9 Å². The highest BCUT2D eigenvalue weighted by Gasteiger charge is 2.15. The van der Waals surface area contributed by atoms with Gasteiger partial charge in [-0.3, -0.25) is 4.79 Å². The lowest BCUT2D eigenvalue weighted by Gasteiger charge is -2.16. The Morgan fingerprint density at radius 3 is 2.70 bits per heavy atom. The first kappa shape index (κ1) is 16.9. The summed E-state index contributed by atoms with van der Waals surface area (Å²) < 4.78 is 11.2. The second-order valence-electron chi connectivity index (χ2n) is 5.34. The van der Waals surface area contributed by atoms with E-state index in [1.54, 1.807) is 6.92 Å². The van der Waals surface area contributed by atoms with Crippen LogP contribution in [0.3, 0.4) is 0 Å². The first-order valence-electron chi connectivity index (χ1n) is 7.82. The maximum atomic E-state index is 12.2. The summed E-state index contributed by atoms with van der Waals surface area (Å²) in [6.07, 6.45) is -0.559. The molecule has 0 aliphatic rings. The van der Waals surface area contributed by atoms with E-state index in [1.807, 2.05) is 62.4 Å². The van der Waals surface area contributed by atoms with Gasteiger partial charge in [0.15, 0.2) is 6.10 Å². The summed E-state index contributed by atoms with van der Waals surface area (Å²) in [6.45, 7) is 6.68. The summed E-state index contributed by atoms with van der Waals surface area (Å²) in [5.74, 6) is 1.34. The molecule has 1 unspecified atom stereocenters. The minimum atomic E-state index is -0.559. The molecule has 4 nitrogen and oxygen atoms in total. The predicted molar refractivity (Wildman–Crippen MR) is 90.7 cm³/mol. The Hall–Kier alpha value is -2.49. The van der Waals surface area contributed by atoms with Crippen LogP contribution < -0.4 is 14.8 Å². The average Bonchev–Trinajstić information content (AvgIpc) is 2.54. The van der Waals surface area contributed by atoms with Gasteiger partial charge in [-0.2, -0.15) is 0 Å². The largest absolute Gasteiger partial charge is 0.494 e. The highest BCUT2D eigenvalue weighted by Crippen LogP contribution is 2.18. The Balaban J connectivity index is 1.91. The van der Waals surface area contributed by atoms with Crippen LogP contribution in [0.25, 0.3) is 0 Å². The molecule has 2 aromatic rings. The number of amides is 1. The van der Waals surface area contributed by atoms with Gasteiger partial charge in [-0.05, 0) is 44.5 Å². The van der Waals surface area contributed by atoms with Gasteiger partial charge in [0.25, 0.3) is 5.91 Å². The van der Waals surface area contributed by atoms with Gasteiger partial charge in [0.1, 0.15) is 11.5 Å². The van der Waals surface area contributed by atoms with Gasteiger partial charge >= 0.3 is 0 Å². The Morgan fingerprint density at radius 1 is 1.17 bits per heavy atom. The number of carbonyl (C=O) groups excluding carboxylic acids is 1. The third-order valence-electron chi connectivity index (χ3n) is 3.40. The molecule has 2 aromatic carbocycles. The van der Waals surface area contributed by atoms with Crippen molar-refractivity contribution in [3.8, 4) is 11.5 Å². The van der Waals surface area contributed by atoms with Crippen LogP contribution in [0.4, 0.5) is 0 Å². The molecule has 0 aliphatic heterocycles. The molecule has 0 saturated heterocycles. The second kappa shape index (κ2) is 8.22. The van der Waals surface area contributed by atoms with Gasteiger partial charge in [0.05, 0.1) is 6.61 Å². The van der Waals surface area contributed by atoms with E-state index < -0.39 is 6.10 Å². The number of rotatable bonds is 7. The molecule has 2 rings (SSSR count). The SMILES string of the molecule is CCOc1ccccc1CNC(=O)C(C)Oc1cccc(C)c1. The molecule has 0 bridgehead atoms. The van der Waals surface area contributed by atoms with Crippen LogP contribution in [0, 0.1) is 6.92 Å². The van der Waals surface area contributed by atoms with E-state index in [0.717, 1.165) is 16.9 Å². The summed E-state index contributed by atoms with van der Waals surface area (Å²) in [5.41, 5.74) is 2.05. The van der Waals surface area contributed by atoms with E-state index in [2.05, 4.69) is 5.32 Å². The van der Waals surface area contributed by atoms with Crippen LogP contribution in [-0.2, 0) is 11.3 Å². The minimum absolute atomic E-state index is 0.155. The highest BCUT2D eigenvalue weighted by atomic mass is 16.5. The monoisotopic (exact) mass is 313 g/mol. The van der Waals surface area contributed by atoms with Gasteiger partial charge in [0.2, 0.25) is 0 Å². The standard InChI is InChI=1S/C19H23NO3/c1-4-22-18-11-6-5-9-16(18)13-20-19(21)15(3)23-17-10-7-8-14(2)12-17/h5-12,15H,4,13H2,1-3H3,(H,20,21). The number of carbonyl (C=O) groups is 1. The minimum Gasteiger partial charge on any atom is -0.494 e. The Kier molecular flexibility index (Phi) is 6.03. The van der Waals surface area contributed by atoms with Crippen LogP contribution in [-0.4, -0.2) is 18.6 Å². The summed E-state index contributed by atoms with van der Waals surface area (Å²) in [6, 6.07) is 15.3. The van der Waals surface area contributed by atoms with E-state index in [4.69, 9.17) is 9.47 Å². The van der Waals surface area contributed by atoms with Gasteiger partial charge in [-0.25, -0.2) is 0 Å². The van der Waals surface area contributed by atoms with Crippen molar-refractivity contribution in [3.63, 3.8) is 0 Å². The molecule has 0 aliphatic carbocycles. The maximum absolute atomic E-state index is 12.2. The molecule has 23 heavy (non-hydrogen) atoms. The molecular formula is C19H23NO3. The number of hydrogen-bond donors (Lipinski definition) is 1. The number of hydrogen-bond acceptors (Lipinski definition) is 3. The van der Waals surface area contributed by atoms with E-state index in [1.165, 1.54) is 0 Å². The fourth-order valence-corrected chi connectivity index (χ4v) is 2.22. The molecule has 0 saturated carbocycles.